The van der Waals surface area contributed by atoms with Gasteiger partial charge in [-0.05, 0) is 42.0 Å². The number of nitrogens with zero attached hydrogens (tertiary/aromatic N) is 1. The topological polar surface area (TPSA) is 97.0 Å². The zero-order valence-electron chi connectivity index (χ0n) is 16.3. The van der Waals surface area contributed by atoms with Crippen LogP contribution in [0.15, 0.2) is 36.4 Å². The number of rotatable bonds is 6. The SMILES string of the molecule is COc1ccc(-n2c(N)c(C(=O)NCc3ccc4c(c3)OCO4)sc2=S)c(OC)c1. The van der Waals surface area contributed by atoms with Crippen molar-refractivity contribution in [2.24, 2.45) is 0 Å². The van der Waals surface area contributed by atoms with Crippen molar-refractivity contribution in [2.45, 2.75) is 6.54 Å². The number of nitrogen functional groups attached to an aromatic ring is 1. The van der Waals surface area contributed by atoms with Crippen molar-refractivity contribution in [3.8, 4) is 28.7 Å². The molecule has 0 saturated carbocycles. The van der Waals surface area contributed by atoms with E-state index < -0.39 is 0 Å². The lowest BCUT2D eigenvalue weighted by Crippen LogP contribution is -2.23. The van der Waals surface area contributed by atoms with Gasteiger partial charge in [-0.15, -0.1) is 0 Å². The Kier molecular flexibility index (Phi) is 5.51. The smallest absolute Gasteiger partial charge is 0.265 e. The number of amides is 1. The van der Waals surface area contributed by atoms with Gasteiger partial charge in [0.15, 0.2) is 15.5 Å². The number of nitrogens with two attached hydrogens (primary N) is 1. The highest BCUT2D eigenvalue weighted by molar-refractivity contribution is 7.73. The molecule has 0 aliphatic carbocycles. The first-order valence-corrected chi connectivity index (χ1v) is 10.1. The summed E-state index contributed by atoms with van der Waals surface area (Å²) in [5, 5.41) is 2.87. The molecule has 0 radical (unpaired) electrons. The maximum absolute atomic E-state index is 12.8. The van der Waals surface area contributed by atoms with E-state index in [0.29, 0.717) is 44.1 Å². The fourth-order valence-electron chi connectivity index (χ4n) is 3.06. The van der Waals surface area contributed by atoms with Gasteiger partial charge >= 0.3 is 0 Å². The summed E-state index contributed by atoms with van der Waals surface area (Å²) in [4.78, 5) is 13.1. The predicted octanol–water partition coefficient (Wildman–Crippen LogP) is 3.53. The molecule has 30 heavy (non-hydrogen) atoms. The van der Waals surface area contributed by atoms with Crippen LogP contribution in [-0.2, 0) is 6.54 Å². The Labute approximate surface area is 181 Å². The van der Waals surface area contributed by atoms with Gasteiger partial charge in [0.25, 0.3) is 5.91 Å². The summed E-state index contributed by atoms with van der Waals surface area (Å²) in [6.45, 7) is 0.513. The minimum atomic E-state index is -0.313. The van der Waals surface area contributed by atoms with Gasteiger partial charge in [0, 0.05) is 12.6 Å². The molecular formula is C20H19N3O5S2. The number of carbonyl (C=O) groups excluding carboxylic acids is 1. The van der Waals surface area contributed by atoms with E-state index in [2.05, 4.69) is 5.32 Å². The molecule has 8 nitrogen and oxygen atoms in total. The summed E-state index contributed by atoms with van der Waals surface area (Å²) in [6, 6.07) is 10.8. The van der Waals surface area contributed by atoms with Crippen molar-refractivity contribution in [3.63, 3.8) is 0 Å². The van der Waals surface area contributed by atoms with Crippen molar-refractivity contribution in [1.82, 2.24) is 9.88 Å². The minimum absolute atomic E-state index is 0.202. The van der Waals surface area contributed by atoms with E-state index in [4.69, 9.17) is 36.9 Å². The van der Waals surface area contributed by atoms with E-state index in [1.807, 2.05) is 18.2 Å². The molecule has 1 aliphatic rings. The van der Waals surface area contributed by atoms with Crippen molar-refractivity contribution < 1.29 is 23.7 Å². The first-order chi connectivity index (χ1) is 14.5. The number of anilines is 1. The molecule has 1 aromatic heterocycles. The lowest BCUT2D eigenvalue weighted by Gasteiger charge is -2.13. The minimum Gasteiger partial charge on any atom is -0.497 e. The van der Waals surface area contributed by atoms with Crippen LogP contribution in [0.4, 0.5) is 5.82 Å². The molecule has 0 atom stereocenters. The molecule has 1 amide bonds. The molecule has 4 rings (SSSR count). The van der Waals surface area contributed by atoms with Crippen LogP contribution in [0.3, 0.4) is 0 Å². The van der Waals surface area contributed by atoms with E-state index in [0.717, 1.165) is 16.9 Å². The van der Waals surface area contributed by atoms with Gasteiger partial charge in [-0.25, -0.2) is 0 Å². The summed E-state index contributed by atoms with van der Waals surface area (Å²) >= 11 is 6.60. The molecule has 10 heteroatoms. The molecule has 1 aliphatic heterocycles. The molecule has 0 fully saturated rings. The number of fused-ring (bicyclic) bond motifs is 1. The molecule has 0 unspecified atom stereocenters. The summed E-state index contributed by atoms with van der Waals surface area (Å²) in [6.07, 6.45) is 0. The van der Waals surface area contributed by atoms with E-state index in [-0.39, 0.29) is 18.5 Å². The van der Waals surface area contributed by atoms with Crippen molar-refractivity contribution >= 4 is 35.3 Å². The number of nitrogens with one attached hydrogen (secondary N) is 1. The fraction of sp³-hybridized carbons (Fsp3) is 0.200. The number of thiazole rings is 1. The molecule has 0 saturated heterocycles. The van der Waals surface area contributed by atoms with E-state index in [1.165, 1.54) is 0 Å². The number of ether oxygens (including phenoxy) is 4. The van der Waals surface area contributed by atoms with Crippen molar-refractivity contribution in [2.75, 3.05) is 26.7 Å². The number of benzene rings is 2. The summed E-state index contributed by atoms with van der Waals surface area (Å²) in [7, 11) is 3.12. The molecule has 156 valence electrons. The van der Waals surface area contributed by atoms with E-state index in [9.17, 15) is 4.79 Å². The van der Waals surface area contributed by atoms with Crippen LogP contribution in [0.2, 0.25) is 0 Å². The normalized spacial score (nSPS) is 11.9. The average Bonchev–Trinajstić information content (AvgIpc) is 3.35. The van der Waals surface area contributed by atoms with E-state index >= 15 is 0 Å². The second kappa shape index (κ2) is 8.25. The standard InChI is InChI=1S/C20H19N3O5S2/c1-25-12-4-5-13(15(8-12)26-2)23-18(21)17(30-20(23)29)19(24)22-9-11-3-6-14-16(7-11)28-10-27-14/h3-8H,9-10,21H2,1-2H3,(H,22,24). The van der Waals surface area contributed by atoms with Crippen LogP contribution in [0.1, 0.15) is 15.2 Å². The second-order valence-electron chi connectivity index (χ2n) is 6.33. The number of aromatic nitrogens is 1. The van der Waals surface area contributed by atoms with Gasteiger partial charge in [0.2, 0.25) is 6.79 Å². The van der Waals surface area contributed by atoms with Crippen molar-refractivity contribution in [1.29, 1.82) is 0 Å². The third kappa shape index (κ3) is 3.66. The lowest BCUT2D eigenvalue weighted by atomic mass is 10.2. The van der Waals surface area contributed by atoms with Gasteiger partial charge in [0.05, 0.1) is 19.9 Å². The van der Waals surface area contributed by atoms with Crippen LogP contribution in [0, 0.1) is 3.95 Å². The Hall–Kier alpha value is -3.24. The Bertz CT molecular complexity index is 1170. The lowest BCUT2D eigenvalue weighted by molar-refractivity contribution is 0.0955. The highest BCUT2D eigenvalue weighted by Gasteiger charge is 2.21. The Morgan fingerprint density at radius 3 is 2.77 bits per heavy atom. The van der Waals surface area contributed by atoms with Gasteiger partial charge in [-0.3, -0.25) is 9.36 Å². The zero-order valence-corrected chi connectivity index (χ0v) is 17.9. The van der Waals surface area contributed by atoms with Gasteiger partial charge < -0.3 is 30.0 Å². The quantitative estimate of drug-likeness (QED) is 0.560. The molecular weight excluding hydrogens is 426 g/mol. The molecule has 3 aromatic rings. The summed E-state index contributed by atoms with van der Waals surface area (Å²) < 4.78 is 23.4. The first kappa shape index (κ1) is 20.0. The zero-order chi connectivity index (χ0) is 21.3. The summed E-state index contributed by atoms with van der Waals surface area (Å²) in [5.74, 6) is 2.46. The fourth-order valence-corrected chi connectivity index (χ4v) is 4.33. The molecule has 2 heterocycles. The molecule has 0 bridgehead atoms. The Morgan fingerprint density at radius 1 is 1.20 bits per heavy atom. The molecule has 3 N–H and O–H groups in total. The third-order valence-corrected chi connectivity index (χ3v) is 5.96. The average molecular weight is 446 g/mol. The van der Waals surface area contributed by atoms with E-state index in [1.54, 1.807) is 37.0 Å². The van der Waals surface area contributed by atoms with Crippen LogP contribution in [0.25, 0.3) is 5.69 Å². The van der Waals surface area contributed by atoms with Crippen molar-refractivity contribution in [3.05, 3.63) is 50.8 Å². The third-order valence-electron chi connectivity index (χ3n) is 4.57. The highest BCUT2D eigenvalue weighted by Crippen LogP contribution is 2.34. The Balaban J connectivity index is 1.57. The predicted molar refractivity (Wildman–Crippen MR) is 116 cm³/mol. The number of hydrogen-bond acceptors (Lipinski definition) is 8. The van der Waals surface area contributed by atoms with Gasteiger partial charge in [-0.2, -0.15) is 0 Å². The number of carbonyl (C=O) groups is 1. The maximum atomic E-state index is 12.8. The van der Waals surface area contributed by atoms with Crippen LogP contribution in [0.5, 0.6) is 23.0 Å². The summed E-state index contributed by atoms with van der Waals surface area (Å²) in [5.41, 5.74) is 7.81. The van der Waals surface area contributed by atoms with Crippen LogP contribution >= 0.6 is 23.6 Å². The number of methoxy groups -OCH3 is 2. The number of hydrogen-bond donors (Lipinski definition) is 2. The molecule has 2 aromatic carbocycles. The first-order valence-electron chi connectivity index (χ1n) is 8.92. The van der Waals surface area contributed by atoms with Gasteiger partial charge in [0.1, 0.15) is 22.2 Å². The van der Waals surface area contributed by atoms with Crippen LogP contribution < -0.4 is 30.0 Å². The van der Waals surface area contributed by atoms with Gasteiger partial charge in [-0.1, -0.05) is 17.4 Å². The largest absolute Gasteiger partial charge is 0.497 e. The van der Waals surface area contributed by atoms with Crippen LogP contribution in [-0.4, -0.2) is 31.5 Å². The Morgan fingerprint density at radius 2 is 2.00 bits per heavy atom. The monoisotopic (exact) mass is 445 g/mol. The maximum Gasteiger partial charge on any atom is 0.265 e. The highest BCUT2D eigenvalue weighted by atomic mass is 32.1. The second-order valence-corrected chi connectivity index (χ2v) is 7.97. The molecule has 0 spiro atoms.